The summed E-state index contributed by atoms with van der Waals surface area (Å²) in [5.41, 5.74) is 13.9. The zero-order chi connectivity index (χ0) is 47.6. The van der Waals surface area contributed by atoms with Gasteiger partial charge in [0.25, 0.3) is 0 Å². The fourth-order valence-corrected chi connectivity index (χ4v) is 16.1. The molecular formula is C64H72N2O2. The van der Waals surface area contributed by atoms with Crippen LogP contribution in [0.25, 0.3) is 76.2 Å². The molecular weight excluding hydrogens is 829 g/mol. The summed E-state index contributed by atoms with van der Waals surface area (Å²) in [6, 6.07) is 24.8. The Morgan fingerprint density at radius 1 is 0.456 bits per heavy atom. The molecule has 15 rings (SSSR count). The molecule has 4 heteroatoms. The highest BCUT2D eigenvalue weighted by Crippen LogP contribution is 2.59. The van der Waals surface area contributed by atoms with E-state index in [0.29, 0.717) is 23.4 Å². The largest absolute Gasteiger partial charge is 0.308 e. The van der Waals surface area contributed by atoms with Gasteiger partial charge in [-0.3, -0.25) is 9.59 Å². The Balaban J connectivity index is 1.19. The summed E-state index contributed by atoms with van der Waals surface area (Å²) in [6.45, 7) is 28.4. The Kier molecular flexibility index (Phi) is 8.53. The lowest BCUT2D eigenvalue weighted by Gasteiger charge is -2.42. The van der Waals surface area contributed by atoms with Crippen LogP contribution in [-0.2, 0) is 21.7 Å². The van der Waals surface area contributed by atoms with Crippen LogP contribution in [0.3, 0.4) is 0 Å². The summed E-state index contributed by atoms with van der Waals surface area (Å²) in [7, 11) is 0. The summed E-state index contributed by atoms with van der Waals surface area (Å²) in [5.74, 6) is 1.34. The standard InChI is InChI=1S/C64H72N2O2/c1-13-15-59(7,8)37-25-43-39-29-49-47(57(67)63(35(3)4)21-17-61(49,11)18-22-63)33-53(39)65-51-32-42-46-28-38(60(9,10)16-14-2)26-44-40-30-50-48(58(68)64(36(5)6)23-19-62(50,12)20-24-64)34-54(40)66(56(44)46)52(42)31-41(51)45(27-37)55(43)65/h25-36H,13-24H2,1-12H3. The number of Topliss-reactive ketones (excluding diaryl/α,β-unsaturated/α-hetero) is 2. The normalized spacial score (nSPS) is 25.7. The van der Waals surface area contributed by atoms with Crippen LogP contribution in [0.4, 0.5) is 0 Å². The van der Waals surface area contributed by atoms with Crippen molar-refractivity contribution in [1.29, 1.82) is 0 Å². The lowest BCUT2D eigenvalue weighted by molar-refractivity contribution is 0.0537. The maximum absolute atomic E-state index is 15.2. The number of rotatable bonds is 8. The predicted molar refractivity (Wildman–Crippen MR) is 286 cm³/mol. The summed E-state index contributed by atoms with van der Waals surface area (Å²) < 4.78 is 5.12. The van der Waals surface area contributed by atoms with Gasteiger partial charge in [-0.1, -0.05) is 95.9 Å². The molecule has 68 heavy (non-hydrogen) atoms. The molecule has 4 bridgehead atoms. The van der Waals surface area contributed by atoms with Crippen molar-refractivity contribution < 1.29 is 9.59 Å². The fourth-order valence-electron chi connectivity index (χ4n) is 16.1. The number of fused-ring (bicyclic) bond motifs is 16. The molecule has 350 valence electrons. The highest BCUT2D eigenvalue weighted by atomic mass is 16.1. The first-order chi connectivity index (χ1) is 32.2. The van der Waals surface area contributed by atoms with Crippen molar-refractivity contribution in [3.8, 4) is 0 Å². The highest BCUT2D eigenvalue weighted by molar-refractivity contribution is 6.30. The van der Waals surface area contributed by atoms with Gasteiger partial charge in [0, 0.05) is 65.0 Å². The molecule has 0 unspecified atom stereocenters. The Labute approximate surface area is 402 Å². The fraction of sp³-hybridized carbons (Fsp3) is 0.500. The quantitative estimate of drug-likeness (QED) is 0.152. The van der Waals surface area contributed by atoms with Gasteiger partial charge in [0.2, 0.25) is 0 Å². The topological polar surface area (TPSA) is 43.0 Å². The summed E-state index contributed by atoms with van der Waals surface area (Å²) in [5, 5.41) is 10.3. The highest BCUT2D eigenvalue weighted by Gasteiger charge is 2.54. The second-order valence-corrected chi connectivity index (χ2v) is 25.9. The third kappa shape index (κ3) is 5.13. The zero-order valence-electron chi connectivity index (χ0n) is 43.1. The molecule has 4 heterocycles. The van der Waals surface area contributed by atoms with Crippen molar-refractivity contribution in [2.45, 2.75) is 182 Å². The van der Waals surface area contributed by atoms with E-state index >= 15 is 9.59 Å². The average Bonchev–Trinajstić information content (AvgIpc) is 3.96. The van der Waals surface area contributed by atoms with E-state index in [-0.39, 0.29) is 32.5 Å². The van der Waals surface area contributed by atoms with Gasteiger partial charge in [-0.15, -0.1) is 0 Å². The van der Waals surface area contributed by atoms with Crippen LogP contribution >= 0.6 is 0 Å². The molecule has 2 saturated carbocycles. The van der Waals surface area contributed by atoms with Crippen LogP contribution in [0.2, 0.25) is 0 Å². The second kappa shape index (κ2) is 13.5. The van der Waals surface area contributed by atoms with Gasteiger partial charge < -0.3 is 8.80 Å². The number of aromatic nitrogens is 2. The van der Waals surface area contributed by atoms with Crippen LogP contribution in [0, 0.1) is 22.7 Å². The van der Waals surface area contributed by atoms with Crippen LogP contribution in [0.5, 0.6) is 0 Å². The smallest absolute Gasteiger partial charge is 0.169 e. The number of carbonyl (C=O) groups is 2. The molecule has 2 fully saturated rings. The van der Waals surface area contributed by atoms with E-state index in [9.17, 15) is 0 Å². The lowest BCUT2D eigenvalue weighted by atomic mass is 9.60. The minimum atomic E-state index is -0.301. The molecule has 0 atom stereocenters. The van der Waals surface area contributed by atoms with E-state index in [0.717, 1.165) is 99.2 Å². The Morgan fingerprint density at radius 3 is 1.07 bits per heavy atom. The monoisotopic (exact) mass is 901 g/mol. The van der Waals surface area contributed by atoms with Gasteiger partial charge in [0.15, 0.2) is 11.6 Å². The van der Waals surface area contributed by atoms with Crippen molar-refractivity contribution in [2.75, 3.05) is 0 Å². The molecule has 6 aliphatic carbocycles. The van der Waals surface area contributed by atoms with Gasteiger partial charge in [0.1, 0.15) is 0 Å². The summed E-state index contributed by atoms with van der Waals surface area (Å²) in [4.78, 5) is 30.4. The van der Waals surface area contributed by atoms with Gasteiger partial charge in [-0.25, -0.2) is 0 Å². The summed E-state index contributed by atoms with van der Waals surface area (Å²) >= 11 is 0. The molecule has 0 radical (unpaired) electrons. The van der Waals surface area contributed by atoms with Crippen molar-refractivity contribution in [3.63, 3.8) is 0 Å². The van der Waals surface area contributed by atoms with Crippen molar-refractivity contribution >= 4 is 87.8 Å². The number of nitrogens with zero attached hydrogens (tertiary/aromatic N) is 2. The molecule has 0 N–H and O–H groups in total. The lowest BCUT2D eigenvalue weighted by Crippen LogP contribution is -2.39. The van der Waals surface area contributed by atoms with E-state index in [1.165, 1.54) is 87.4 Å². The Bertz CT molecular complexity index is 3430. The molecule has 0 saturated heterocycles. The molecule has 0 spiro atoms. The van der Waals surface area contributed by atoms with Gasteiger partial charge in [0.05, 0.1) is 33.1 Å². The van der Waals surface area contributed by atoms with Crippen LogP contribution in [-0.4, -0.2) is 20.4 Å². The van der Waals surface area contributed by atoms with Crippen LogP contribution in [0.15, 0.2) is 60.7 Å². The molecule has 9 aromatic rings. The average molecular weight is 901 g/mol. The predicted octanol–water partition coefficient (Wildman–Crippen LogP) is 17.5. The van der Waals surface area contributed by atoms with Crippen molar-refractivity contribution in [3.05, 3.63) is 94.0 Å². The van der Waals surface area contributed by atoms with Crippen LogP contribution in [0.1, 0.15) is 203 Å². The Hall–Kier alpha value is -4.96. The molecule has 5 aromatic carbocycles. The Morgan fingerprint density at radius 2 is 0.765 bits per heavy atom. The van der Waals surface area contributed by atoms with E-state index in [1.807, 2.05) is 0 Å². The molecule has 0 aliphatic heterocycles. The van der Waals surface area contributed by atoms with Gasteiger partial charge in [-0.05, 0) is 181 Å². The third-order valence-electron chi connectivity index (χ3n) is 20.9. The van der Waals surface area contributed by atoms with E-state index < -0.39 is 0 Å². The van der Waals surface area contributed by atoms with E-state index in [2.05, 4.69) is 153 Å². The van der Waals surface area contributed by atoms with Crippen molar-refractivity contribution in [1.82, 2.24) is 8.80 Å². The number of benzene rings is 5. The molecule has 0 amide bonds. The maximum atomic E-state index is 15.2. The van der Waals surface area contributed by atoms with E-state index in [1.54, 1.807) is 0 Å². The first-order valence-corrected chi connectivity index (χ1v) is 26.9. The number of ketones is 2. The second-order valence-electron chi connectivity index (χ2n) is 25.9. The molecule has 4 aromatic heterocycles. The number of hydrogen-bond acceptors (Lipinski definition) is 2. The zero-order valence-corrected chi connectivity index (χ0v) is 43.1. The maximum Gasteiger partial charge on any atom is 0.169 e. The molecule has 6 aliphatic rings. The third-order valence-corrected chi connectivity index (χ3v) is 20.9. The summed E-state index contributed by atoms with van der Waals surface area (Å²) in [6.07, 6.45) is 12.6. The SMILES string of the molecule is CCCC(C)(C)c1cc2c3cc4c(cc3n3c5cc6c7cc(C(C)(C)CCC)cc8c9cc%10c(cc9n(c6cc5c(c1)c23)c87)C(=O)C1(C(C)C)CCC%10(C)CC1)C(=O)C1(C(C)C)CCC4(C)CC1. The van der Waals surface area contributed by atoms with Gasteiger partial charge >= 0.3 is 0 Å². The minimum absolute atomic E-state index is 0.0128. The first kappa shape index (κ1) is 43.1. The first-order valence-electron chi connectivity index (χ1n) is 26.9. The number of carbonyl (C=O) groups excluding carboxylic acids is 2. The number of hydrogen-bond donors (Lipinski definition) is 0. The van der Waals surface area contributed by atoms with Crippen LogP contribution < -0.4 is 0 Å². The molecule has 4 nitrogen and oxygen atoms in total. The van der Waals surface area contributed by atoms with Gasteiger partial charge in [-0.2, -0.15) is 0 Å². The van der Waals surface area contributed by atoms with E-state index in [4.69, 9.17) is 0 Å². The van der Waals surface area contributed by atoms with Crippen molar-refractivity contribution in [2.24, 2.45) is 22.7 Å². The minimum Gasteiger partial charge on any atom is -0.308 e.